The number of aryl methyl sites for hydroxylation is 2. The first-order chi connectivity index (χ1) is 10.4. The predicted octanol–water partition coefficient (Wildman–Crippen LogP) is 2.83. The zero-order valence-corrected chi connectivity index (χ0v) is 13.5. The summed E-state index contributed by atoms with van der Waals surface area (Å²) in [5.74, 6) is 0.325. The molecule has 22 heavy (non-hydrogen) atoms. The number of anilines is 1. The van der Waals surface area contributed by atoms with Crippen LogP contribution >= 0.6 is 0 Å². The van der Waals surface area contributed by atoms with Crippen LogP contribution in [-0.2, 0) is 4.79 Å². The average molecular weight is 301 g/mol. The fourth-order valence-corrected chi connectivity index (χ4v) is 2.10. The lowest BCUT2D eigenvalue weighted by atomic mass is 10.0. The Kier molecular flexibility index (Phi) is 4.98. The van der Waals surface area contributed by atoms with E-state index in [1.54, 1.807) is 4.68 Å². The number of nitrogens with zero attached hydrogens (tertiary/aromatic N) is 2. The molecule has 5 nitrogen and oxygen atoms in total. The Balaban J connectivity index is 2.10. The van der Waals surface area contributed by atoms with Crippen LogP contribution in [0.2, 0.25) is 0 Å². The standard InChI is InChI=1S/C17H23N3O2/c1-11(2)15(21)10-17(22)18-16-9-13(4)20(19-16)14-7-5-12(3)6-8-14/h5-9,11,15,21H,10H2,1-4H3,(H,18,19,22). The lowest BCUT2D eigenvalue weighted by Crippen LogP contribution is -2.23. The summed E-state index contributed by atoms with van der Waals surface area (Å²) in [6.45, 7) is 7.74. The number of aromatic nitrogens is 2. The molecule has 1 unspecified atom stereocenters. The Morgan fingerprint density at radius 3 is 2.50 bits per heavy atom. The molecule has 1 aromatic heterocycles. The summed E-state index contributed by atoms with van der Waals surface area (Å²) >= 11 is 0. The number of amides is 1. The van der Waals surface area contributed by atoms with Crippen LogP contribution in [0.5, 0.6) is 0 Å². The highest BCUT2D eigenvalue weighted by molar-refractivity contribution is 5.90. The molecule has 1 amide bonds. The molecule has 0 fully saturated rings. The van der Waals surface area contributed by atoms with E-state index in [4.69, 9.17) is 0 Å². The summed E-state index contributed by atoms with van der Waals surface area (Å²) < 4.78 is 1.79. The molecule has 1 aromatic carbocycles. The first kappa shape index (κ1) is 16.2. The van der Waals surface area contributed by atoms with Crippen molar-refractivity contribution in [2.24, 2.45) is 5.92 Å². The number of nitrogens with one attached hydrogen (secondary N) is 1. The number of aliphatic hydroxyl groups is 1. The maximum Gasteiger partial charge on any atom is 0.228 e. The number of benzene rings is 1. The van der Waals surface area contributed by atoms with Gasteiger partial charge in [0.15, 0.2) is 5.82 Å². The first-order valence-corrected chi connectivity index (χ1v) is 7.48. The highest BCUT2D eigenvalue weighted by Gasteiger charge is 2.16. The van der Waals surface area contributed by atoms with Gasteiger partial charge in [0.25, 0.3) is 0 Å². The first-order valence-electron chi connectivity index (χ1n) is 7.48. The molecule has 0 saturated heterocycles. The second-order valence-corrected chi connectivity index (χ2v) is 5.98. The van der Waals surface area contributed by atoms with E-state index < -0.39 is 6.10 Å². The van der Waals surface area contributed by atoms with Crippen molar-refractivity contribution in [2.45, 2.75) is 40.2 Å². The number of carbonyl (C=O) groups is 1. The molecule has 0 saturated carbocycles. The highest BCUT2D eigenvalue weighted by Crippen LogP contribution is 2.16. The Morgan fingerprint density at radius 1 is 1.27 bits per heavy atom. The van der Waals surface area contributed by atoms with Gasteiger partial charge in [0.1, 0.15) is 0 Å². The van der Waals surface area contributed by atoms with E-state index in [0.29, 0.717) is 5.82 Å². The van der Waals surface area contributed by atoms with Crippen molar-refractivity contribution in [2.75, 3.05) is 5.32 Å². The monoisotopic (exact) mass is 301 g/mol. The van der Waals surface area contributed by atoms with E-state index in [0.717, 1.165) is 11.4 Å². The minimum atomic E-state index is -0.639. The molecular weight excluding hydrogens is 278 g/mol. The average Bonchev–Trinajstić information content (AvgIpc) is 2.80. The highest BCUT2D eigenvalue weighted by atomic mass is 16.3. The summed E-state index contributed by atoms with van der Waals surface area (Å²) in [7, 11) is 0. The largest absolute Gasteiger partial charge is 0.392 e. The molecule has 0 radical (unpaired) electrons. The van der Waals surface area contributed by atoms with Crippen LogP contribution in [0, 0.1) is 19.8 Å². The van der Waals surface area contributed by atoms with Gasteiger partial charge < -0.3 is 10.4 Å². The van der Waals surface area contributed by atoms with Gasteiger partial charge in [-0.1, -0.05) is 31.5 Å². The van der Waals surface area contributed by atoms with Gasteiger partial charge in [0, 0.05) is 11.8 Å². The zero-order valence-electron chi connectivity index (χ0n) is 13.5. The summed E-state index contributed by atoms with van der Waals surface area (Å²) in [6, 6.07) is 9.84. The third-order valence-corrected chi connectivity index (χ3v) is 3.60. The molecule has 0 aliphatic carbocycles. The van der Waals surface area contributed by atoms with Gasteiger partial charge in [-0.05, 0) is 31.9 Å². The van der Waals surface area contributed by atoms with Crippen molar-refractivity contribution in [3.63, 3.8) is 0 Å². The van der Waals surface area contributed by atoms with Crippen molar-refractivity contribution < 1.29 is 9.90 Å². The maximum absolute atomic E-state index is 11.9. The van der Waals surface area contributed by atoms with Gasteiger partial charge in [-0.15, -0.1) is 5.10 Å². The van der Waals surface area contributed by atoms with Crippen LogP contribution in [0.25, 0.3) is 5.69 Å². The van der Waals surface area contributed by atoms with Crippen molar-refractivity contribution in [1.29, 1.82) is 0 Å². The predicted molar refractivity (Wildman–Crippen MR) is 87.1 cm³/mol. The van der Waals surface area contributed by atoms with E-state index >= 15 is 0 Å². The SMILES string of the molecule is Cc1ccc(-n2nc(NC(=O)CC(O)C(C)C)cc2C)cc1. The molecule has 2 rings (SSSR count). The normalized spacial score (nSPS) is 12.5. The van der Waals surface area contributed by atoms with E-state index in [9.17, 15) is 9.90 Å². The number of hydrogen-bond acceptors (Lipinski definition) is 3. The third kappa shape index (κ3) is 3.95. The smallest absolute Gasteiger partial charge is 0.228 e. The second-order valence-electron chi connectivity index (χ2n) is 5.98. The maximum atomic E-state index is 11.9. The van der Waals surface area contributed by atoms with Crippen LogP contribution in [-0.4, -0.2) is 26.9 Å². The minimum Gasteiger partial charge on any atom is -0.392 e. The van der Waals surface area contributed by atoms with Crippen LogP contribution in [0.15, 0.2) is 30.3 Å². The van der Waals surface area contributed by atoms with Gasteiger partial charge in [0.2, 0.25) is 5.91 Å². The molecule has 2 aromatic rings. The number of rotatable bonds is 5. The van der Waals surface area contributed by atoms with E-state index in [-0.39, 0.29) is 18.2 Å². The Labute approximate surface area is 131 Å². The minimum absolute atomic E-state index is 0.0533. The van der Waals surface area contributed by atoms with E-state index in [2.05, 4.69) is 10.4 Å². The number of carbonyl (C=O) groups excluding carboxylic acids is 1. The fourth-order valence-electron chi connectivity index (χ4n) is 2.10. The van der Waals surface area contributed by atoms with Crippen molar-refractivity contribution in [1.82, 2.24) is 9.78 Å². The second kappa shape index (κ2) is 6.75. The molecule has 0 bridgehead atoms. The van der Waals surface area contributed by atoms with Gasteiger partial charge in [-0.3, -0.25) is 4.79 Å². The molecule has 1 heterocycles. The Hall–Kier alpha value is -2.14. The Morgan fingerprint density at radius 2 is 1.91 bits per heavy atom. The zero-order chi connectivity index (χ0) is 16.3. The van der Waals surface area contributed by atoms with Gasteiger partial charge in [-0.2, -0.15) is 0 Å². The van der Waals surface area contributed by atoms with Gasteiger partial charge in [0.05, 0.1) is 18.2 Å². The fraction of sp³-hybridized carbons (Fsp3) is 0.412. The quantitative estimate of drug-likeness (QED) is 0.892. The third-order valence-electron chi connectivity index (χ3n) is 3.60. The molecule has 5 heteroatoms. The molecule has 118 valence electrons. The van der Waals surface area contributed by atoms with Crippen molar-refractivity contribution in [3.05, 3.63) is 41.6 Å². The van der Waals surface area contributed by atoms with Crippen LogP contribution in [0.3, 0.4) is 0 Å². The lowest BCUT2D eigenvalue weighted by molar-refractivity contribution is -0.118. The van der Waals surface area contributed by atoms with Gasteiger partial charge in [-0.25, -0.2) is 4.68 Å². The molecular formula is C17H23N3O2. The molecule has 0 spiro atoms. The summed E-state index contributed by atoms with van der Waals surface area (Å²) in [4.78, 5) is 11.9. The van der Waals surface area contributed by atoms with Crippen LogP contribution in [0.4, 0.5) is 5.82 Å². The molecule has 2 N–H and O–H groups in total. The van der Waals surface area contributed by atoms with E-state index in [1.807, 2.05) is 58.0 Å². The summed E-state index contributed by atoms with van der Waals surface area (Å²) in [6.07, 6.45) is -0.561. The molecule has 0 aliphatic heterocycles. The van der Waals surface area contributed by atoms with Crippen LogP contribution in [0.1, 0.15) is 31.5 Å². The lowest BCUT2D eigenvalue weighted by Gasteiger charge is -2.13. The Bertz CT molecular complexity index is 644. The van der Waals surface area contributed by atoms with E-state index in [1.165, 1.54) is 5.56 Å². The van der Waals surface area contributed by atoms with Crippen LogP contribution < -0.4 is 5.32 Å². The molecule has 1 atom stereocenters. The summed E-state index contributed by atoms with van der Waals surface area (Å²) in [5.41, 5.74) is 3.07. The topological polar surface area (TPSA) is 67.2 Å². The number of hydrogen-bond donors (Lipinski definition) is 2. The van der Waals surface area contributed by atoms with Gasteiger partial charge >= 0.3 is 0 Å². The molecule has 0 aliphatic rings. The van der Waals surface area contributed by atoms with Crippen molar-refractivity contribution >= 4 is 11.7 Å². The number of aliphatic hydroxyl groups excluding tert-OH is 1. The summed E-state index contributed by atoms with van der Waals surface area (Å²) in [5, 5.41) is 16.9. The van der Waals surface area contributed by atoms with Crippen molar-refractivity contribution in [3.8, 4) is 5.69 Å².